The minimum atomic E-state index is -1.26. The van der Waals surface area contributed by atoms with E-state index < -0.39 is 71.2 Å². The topological polar surface area (TPSA) is 158 Å². The van der Waals surface area contributed by atoms with E-state index >= 15 is 0 Å². The number of carbonyl (C=O) groups excluding carboxylic acids is 5. The number of amides is 3. The van der Waals surface area contributed by atoms with E-state index in [2.05, 4.69) is 16.0 Å². The first kappa shape index (κ1) is 43.1. The molecule has 2 rings (SSSR count). The van der Waals surface area contributed by atoms with Gasteiger partial charge in [-0.3, -0.25) is 0 Å². The summed E-state index contributed by atoms with van der Waals surface area (Å²) in [6.45, 7) is 15.2. The molecule has 4 atom stereocenters. The third-order valence-corrected chi connectivity index (χ3v) is 9.43. The minimum absolute atomic E-state index is 0.178. The SMILES string of the molecule is COc1ccc(CCC[C@H](NC(=O)[C@@H](OC(=O)[C@H](C)NC(=O)[C@@H](C[Se]c2ccccc2)NC(=O)OC(C)(C)C)C(C)C)C(=O)OC(C)(C)C)cc1. The predicted octanol–water partition coefficient (Wildman–Crippen LogP) is 4.26. The van der Waals surface area contributed by atoms with Crippen LogP contribution in [-0.4, -0.2) is 87.3 Å². The molecule has 0 heterocycles. The average molecular weight is 777 g/mol. The summed E-state index contributed by atoms with van der Waals surface area (Å²) in [5.41, 5.74) is -0.524. The Morgan fingerprint density at radius 2 is 1.33 bits per heavy atom. The smallest absolute Gasteiger partial charge is 0.458 e. The summed E-state index contributed by atoms with van der Waals surface area (Å²) in [6, 6.07) is 14.0. The monoisotopic (exact) mass is 777 g/mol. The van der Waals surface area contributed by atoms with E-state index in [1.807, 2.05) is 54.6 Å². The Balaban J connectivity index is 2.11. The zero-order chi connectivity index (χ0) is 38.4. The van der Waals surface area contributed by atoms with Crippen molar-refractivity contribution in [1.29, 1.82) is 0 Å². The van der Waals surface area contributed by atoms with Crippen molar-refractivity contribution in [2.24, 2.45) is 5.92 Å². The van der Waals surface area contributed by atoms with E-state index in [-0.39, 0.29) is 21.4 Å². The van der Waals surface area contributed by atoms with Gasteiger partial charge in [0.2, 0.25) is 0 Å². The molecule has 2 aromatic carbocycles. The Morgan fingerprint density at radius 1 is 0.725 bits per heavy atom. The number of benzene rings is 2. The van der Waals surface area contributed by atoms with Crippen molar-refractivity contribution < 1.29 is 42.9 Å². The van der Waals surface area contributed by atoms with E-state index in [9.17, 15) is 24.0 Å². The van der Waals surface area contributed by atoms with E-state index in [1.54, 1.807) is 62.5 Å². The van der Waals surface area contributed by atoms with Gasteiger partial charge in [0.15, 0.2) is 0 Å². The number of esters is 2. The molecule has 0 bridgehead atoms. The number of aryl methyl sites for hydroxylation is 1. The van der Waals surface area contributed by atoms with Crippen LogP contribution in [0.25, 0.3) is 0 Å². The van der Waals surface area contributed by atoms with Crippen LogP contribution in [0.1, 0.15) is 80.7 Å². The summed E-state index contributed by atoms with van der Waals surface area (Å²) in [7, 11) is 1.60. The summed E-state index contributed by atoms with van der Waals surface area (Å²) in [5, 5.41) is 8.28. The van der Waals surface area contributed by atoms with Gasteiger partial charge in [0.1, 0.15) is 11.4 Å². The fourth-order valence-electron chi connectivity index (χ4n) is 4.60. The molecule has 3 N–H and O–H groups in total. The Kier molecular flexibility index (Phi) is 17.0. The zero-order valence-electron chi connectivity index (χ0n) is 31.5. The van der Waals surface area contributed by atoms with Gasteiger partial charge >= 0.3 is 213 Å². The van der Waals surface area contributed by atoms with Crippen LogP contribution in [0.3, 0.4) is 0 Å². The van der Waals surface area contributed by atoms with Gasteiger partial charge in [0, 0.05) is 0 Å². The molecule has 13 heteroatoms. The van der Waals surface area contributed by atoms with Crippen molar-refractivity contribution in [2.75, 3.05) is 7.11 Å². The maximum absolute atomic E-state index is 13.6. The van der Waals surface area contributed by atoms with E-state index in [1.165, 1.54) is 6.92 Å². The van der Waals surface area contributed by atoms with Crippen LogP contribution in [-0.2, 0) is 39.8 Å². The molecule has 0 saturated heterocycles. The number of carbonyl (C=O) groups is 5. The van der Waals surface area contributed by atoms with Crippen molar-refractivity contribution in [2.45, 2.75) is 122 Å². The molecule has 0 spiro atoms. The Hall–Kier alpha value is -4.09. The van der Waals surface area contributed by atoms with Crippen molar-refractivity contribution in [3.05, 3.63) is 60.2 Å². The van der Waals surface area contributed by atoms with Gasteiger partial charge in [-0.05, 0) is 51.3 Å². The van der Waals surface area contributed by atoms with Gasteiger partial charge in [-0.15, -0.1) is 0 Å². The van der Waals surface area contributed by atoms with Crippen LogP contribution in [0, 0.1) is 5.92 Å². The number of nitrogens with one attached hydrogen (secondary N) is 3. The molecule has 2 aromatic rings. The Bertz CT molecular complexity index is 1440. The molecule has 0 fully saturated rings. The van der Waals surface area contributed by atoms with Crippen LogP contribution >= 0.6 is 0 Å². The first-order valence-corrected chi connectivity index (χ1v) is 19.2. The minimum Gasteiger partial charge on any atom is -0.458 e. The average Bonchev–Trinajstić information content (AvgIpc) is 3.03. The van der Waals surface area contributed by atoms with Gasteiger partial charge in [0.05, 0.1) is 7.11 Å². The molecule has 0 radical (unpaired) electrons. The van der Waals surface area contributed by atoms with Crippen LogP contribution in [0.2, 0.25) is 5.32 Å². The van der Waals surface area contributed by atoms with Gasteiger partial charge < -0.3 is 9.47 Å². The number of ether oxygens (including phenoxy) is 4. The van der Waals surface area contributed by atoms with Crippen molar-refractivity contribution in [3.8, 4) is 5.75 Å². The molecule has 51 heavy (non-hydrogen) atoms. The molecule has 0 aliphatic heterocycles. The second kappa shape index (κ2) is 20.1. The molecule has 0 aliphatic rings. The second-order valence-electron chi connectivity index (χ2n) is 14.5. The summed E-state index contributed by atoms with van der Waals surface area (Å²) in [5.74, 6) is -2.44. The van der Waals surface area contributed by atoms with E-state index in [0.29, 0.717) is 18.2 Å². The second-order valence-corrected chi connectivity index (χ2v) is 16.8. The molecule has 0 saturated carbocycles. The summed E-state index contributed by atoms with van der Waals surface area (Å²) >= 11 is -0.178. The van der Waals surface area contributed by atoms with E-state index in [0.717, 1.165) is 15.8 Å². The molecule has 12 nitrogen and oxygen atoms in total. The Morgan fingerprint density at radius 3 is 1.88 bits per heavy atom. The first-order valence-electron chi connectivity index (χ1n) is 17.1. The van der Waals surface area contributed by atoms with E-state index in [4.69, 9.17) is 18.9 Å². The van der Waals surface area contributed by atoms with Crippen LogP contribution < -0.4 is 25.1 Å². The molecule has 0 aliphatic carbocycles. The van der Waals surface area contributed by atoms with Crippen LogP contribution in [0.5, 0.6) is 5.75 Å². The summed E-state index contributed by atoms with van der Waals surface area (Å²) in [6.07, 6.45) is -0.526. The number of alkyl carbamates (subject to hydrolysis) is 1. The molecular formula is C38H55N3O9Se. The first-order chi connectivity index (χ1) is 23.8. The van der Waals surface area contributed by atoms with Gasteiger partial charge in [-0.25, -0.2) is 4.79 Å². The number of hydrogen-bond acceptors (Lipinski definition) is 9. The molecule has 282 valence electrons. The third-order valence-electron chi connectivity index (χ3n) is 7.11. The predicted molar refractivity (Wildman–Crippen MR) is 196 cm³/mol. The normalized spacial score (nSPS) is 13.9. The van der Waals surface area contributed by atoms with Crippen molar-refractivity contribution in [3.63, 3.8) is 0 Å². The van der Waals surface area contributed by atoms with Gasteiger partial charge in [-0.2, -0.15) is 0 Å². The summed E-state index contributed by atoms with van der Waals surface area (Å²) < 4.78 is 22.8. The summed E-state index contributed by atoms with van der Waals surface area (Å²) in [4.78, 5) is 66.0. The Labute approximate surface area is 308 Å². The molecule has 0 aromatic heterocycles. The fraction of sp³-hybridized carbons (Fsp3) is 0.553. The number of methoxy groups -OCH3 is 1. The quantitative estimate of drug-likeness (QED) is 0.121. The molecule has 0 unspecified atom stereocenters. The maximum atomic E-state index is 13.6. The molecule has 3 amide bonds. The number of rotatable bonds is 17. The van der Waals surface area contributed by atoms with Crippen LogP contribution in [0.4, 0.5) is 4.79 Å². The van der Waals surface area contributed by atoms with Crippen molar-refractivity contribution >= 4 is 49.3 Å². The third kappa shape index (κ3) is 16.7. The van der Waals surface area contributed by atoms with Crippen LogP contribution in [0.15, 0.2) is 54.6 Å². The standard InChI is InChI=1S/C38H55N3O9Se/c1-24(2)31(33(43)40-29(35(45)49-37(4,5)6)18-14-15-26-19-21-27(47-10)22-20-26)48-34(44)25(3)39-32(42)30(41-36(46)50-38(7,8)9)23-51-28-16-12-11-13-17-28/h11-13,16-17,19-22,24-25,29-31H,14-15,18,23H2,1-10H3,(H,39,42)(H,40,43)(H,41,46)/t25-,29-,30+,31-/m0/s1. The van der Waals surface area contributed by atoms with Gasteiger partial charge in [0.25, 0.3) is 0 Å². The van der Waals surface area contributed by atoms with Gasteiger partial charge in [-0.1, -0.05) is 12.1 Å². The van der Waals surface area contributed by atoms with Crippen molar-refractivity contribution in [1.82, 2.24) is 16.0 Å². The fourth-order valence-corrected chi connectivity index (χ4v) is 6.58. The molecular weight excluding hydrogens is 721 g/mol. The number of hydrogen-bond donors (Lipinski definition) is 3. The zero-order valence-corrected chi connectivity index (χ0v) is 33.2.